The third kappa shape index (κ3) is 18.7. The number of rotatable bonds is 0. The number of hydrogen-bond acceptors (Lipinski definition) is 0. The molecule has 13 heavy (non-hydrogen) atoms. The fourth-order valence-electron chi connectivity index (χ4n) is 0.573. The van der Waals surface area contributed by atoms with E-state index in [1.54, 1.807) is 0 Å². The smallest absolute Gasteiger partial charge is 0.00464 e. The molecule has 1 rings (SSSR count). The second kappa shape index (κ2) is 22.7. The minimum Gasteiger partial charge on any atom is -0.0842 e. The first kappa shape index (κ1) is 18.7. The highest BCUT2D eigenvalue weighted by atomic mass is 79.9. The number of allylic oxidation sites excluding steroid dienone is 4. The summed E-state index contributed by atoms with van der Waals surface area (Å²) < 4.78 is 1.31. The summed E-state index contributed by atoms with van der Waals surface area (Å²) in [6.45, 7) is 12.0. The lowest BCUT2D eigenvalue weighted by atomic mass is 10.2. The van der Waals surface area contributed by atoms with E-state index in [1.807, 2.05) is 41.5 Å². The van der Waals surface area contributed by atoms with Crippen LogP contribution < -0.4 is 0 Å². The maximum Gasteiger partial charge on any atom is -0.00464 e. The van der Waals surface area contributed by atoms with Crippen LogP contribution >= 0.6 is 15.9 Å². The molecule has 0 saturated carbocycles. The van der Waals surface area contributed by atoms with Crippen LogP contribution in [0.1, 0.15) is 54.4 Å². The summed E-state index contributed by atoms with van der Waals surface area (Å²) in [7, 11) is 0. The number of halogens is 1. The van der Waals surface area contributed by atoms with Crippen molar-refractivity contribution in [1.82, 2.24) is 0 Å². The molecule has 0 aromatic heterocycles. The molecule has 0 fully saturated rings. The maximum atomic E-state index is 3.40. The van der Waals surface area contributed by atoms with Gasteiger partial charge in [0.15, 0.2) is 0 Å². The Morgan fingerprint density at radius 2 is 1.46 bits per heavy atom. The minimum atomic E-state index is 1.18. The monoisotopic (exact) mass is 248 g/mol. The van der Waals surface area contributed by atoms with Crippen LogP contribution in [0.5, 0.6) is 0 Å². The van der Waals surface area contributed by atoms with Crippen molar-refractivity contribution < 1.29 is 0 Å². The third-order valence-corrected chi connectivity index (χ3v) is 1.62. The van der Waals surface area contributed by atoms with Gasteiger partial charge in [-0.3, -0.25) is 0 Å². The SMILES string of the molecule is BrC1=CC=CCC1.CC.CC.CC. The van der Waals surface area contributed by atoms with Gasteiger partial charge in [-0.15, -0.1) is 0 Å². The molecule has 80 valence electrons. The highest BCUT2D eigenvalue weighted by Gasteiger charge is 1.90. The second-order valence-electron chi connectivity index (χ2n) is 1.58. The van der Waals surface area contributed by atoms with Crippen molar-refractivity contribution in [2.24, 2.45) is 0 Å². The van der Waals surface area contributed by atoms with Gasteiger partial charge < -0.3 is 0 Å². The lowest BCUT2D eigenvalue weighted by Crippen LogP contribution is -1.75. The van der Waals surface area contributed by atoms with Crippen molar-refractivity contribution in [3.05, 3.63) is 22.7 Å². The Morgan fingerprint density at radius 3 is 1.62 bits per heavy atom. The molecule has 0 aromatic carbocycles. The summed E-state index contributed by atoms with van der Waals surface area (Å²) in [4.78, 5) is 0. The predicted molar refractivity (Wildman–Crippen MR) is 69.4 cm³/mol. The molecule has 0 atom stereocenters. The summed E-state index contributed by atoms with van der Waals surface area (Å²) >= 11 is 3.40. The molecule has 0 N–H and O–H groups in total. The fourth-order valence-corrected chi connectivity index (χ4v) is 0.955. The van der Waals surface area contributed by atoms with E-state index >= 15 is 0 Å². The Balaban J connectivity index is -0.000000144. The van der Waals surface area contributed by atoms with Gasteiger partial charge >= 0.3 is 0 Å². The molecule has 0 aromatic rings. The van der Waals surface area contributed by atoms with Crippen LogP contribution in [0.25, 0.3) is 0 Å². The number of hydrogen-bond donors (Lipinski definition) is 0. The van der Waals surface area contributed by atoms with Gasteiger partial charge in [0.25, 0.3) is 0 Å². The highest BCUT2D eigenvalue weighted by Crippen LogP contribution is 2.16. The first-order chi connectivity index (χ1) is 6.39. The summed E-state index contributed by atoms with van der Waals surface area (Å²) in [5, 5.41) is 0. The second-order valence-corrected chi connectivity index (χ2v) is 2.60. The zero-order valence-electron chi connectivity index (χ0n) is 10.0. The van der Waals surface area contributed by atoms with Crippen LogP contribution in [0, 0.1) is 0 Å². The zero-order chi connectivity index (χ0) is 11.1. The van der Waals surface area contributed by atoms with Crippen molar-refractivity contribution in [1.29, 1.82) is 0 Å². The van der Waals surface area contributed by atoms with Crippen LogP contribution in [0.15, 0.2) is 22.7 Å². The van der Waals surface area contributed by atoms with Crippen molar-refractivity contribution >= 4 is 15.9 Å². The Hall–Kier alpha value is -0.0400. The van der Waals surface area contributed by atoms with E-state index in [2.05, 4.69) is 34.2 Å². The average Bonchev–Trinajstić information content (AvgIpc) is 2.28. The van der Waals surface area contributed by atoms with E-state index in [0.29, 0.717) is 0 Å². The molecule has 0 spiro atoms. The first-order valence-electron chi connectivity index (χ1n) is 5.41. The minimum absolute atomic E-state index is 1.18. The van der Waals surface area contributed by atoms with Gasteiger partial charge in [-0.2, -0.15) is 0 Å². The van der Waals surface area contributed by atoms with Gasteiger partial charge in [0.2, 0.25) is 0 Å². The third-order valence-electron chi connectivity index (χ3n) is 0.963. The summed E-state index contributed by atoms with van der Waals surface area (Å²) in [5.41, 5.74) is 0. The first-order valence-corrected chi connectivity index (χ1v) is 6.20. The van der Waals surface area contributed by atoms with Crippen LogP contribution in [0.3, 0.4) is 0 Å². The van der Waals surface area contributed by atoms with Crippen LogP contribution in [-0.2, 0) is 0 Å². The van der Waals surface area contributed by atoms with Gasteiger partial charge in [0, 0.05) is 0 Å². The fraction of sp³-hybridized carbons (Fsp3) is 0.667. The molecule has 0 radical (unpaired) electrons. The molecule has 0 saturated heterocycles. The lowest BCUT2D eigenvalue weighted by Gasteiger charge is -1.96. The molecule has 0 amide bonds. The Bertz CT molecular complexity index is 112. The molecule has 0 bridgehead atoms. The van der Waals surface area contributed by atoms with Gasteiger partial charge in [-0.1, -0.05) is 75.7 Å². The molecular weight excluding hydrogens is 224 g/mol. The quantitative estimate of drug-likeness (QED) is 0.517. The zero-order valence-corrected chi connectivity index (χ0v) is 11.6. The summed E-state index contributed by atoms with van der Waals surface area (Å²) in [5.74, 6) is 0. The van der Waals surface area contributed by atoms with E-state index in [4.69, 9.17) is 0 Å². The van der Waals surface area contributed by atoms with Gasteiger partial charge in [-0.05, 0) is 17.3 Å². The molecule has 0 nitrogen and oxygen atoms in total. The van der Waals surface area contributed by atoms with E-state index in [9.17, 15) is 0 Å². The Morgan fingerprint density at radius 1 is 1.00 bits per heavy atom. The average molecular weight is 249 g/mol. The largest absolute Gasteiger partial charge is 0.0842 e. The predicted octanol–water partition coefficient (Wildman–Crippen LogP) is 5.69. The molecular formula is C12H25Br. The standard InChI is InChI=1S/C6H7Br.3C2H6/c7-6-4-2-1-3-5-6;3*1-2/h1-2,4H,3,5H2;3*1-2H3. The van der Waals surface area contributed by atoms with Gasteiger partial charge in [0.05, 0.1) is 0 Å². The summed E-state index contributed by atoms with van der Waals surface area (Å²) in [6.07, 6.45) is 8.70. The van der Waals surface area contributed by atoms with E-state index < -0.39 is 0 Å². The molecule has 1 aliphatic carbocycles. The molecule has 0 unspecified atom stereocenters. The van der Waals surface area contributed by atoms with E-state index in [0.717, 1.165) is 0 Å². The molecule has 0 aliphatic heterocycles. The van der Waals surface area contributed by atoms with Crippen LogP contribution in [0.2, 0.25) is 0 Å². The van der Waals surface area contributed by atoms with Crippen molar-refractivity contribution in [2.45, 2.75) is 54.4 Å². The van der Waals surface area contributed by atoms with Crippen molar-refractivity contribution in [3.63, 3.8) is 0 Å². The topological polar surface area (TPSA) is 0 Å². The highest BCUT2D eigenvalue weighted by molar-refractivity contribution is 9.11. The van der Waals surface area contributed by atoms with E-state index in [1.165, 1.54) is 17.3 Å². The Kier molecular flexibility index (Phi) is 32.6. The summed E-state index contributed by atoms with van der Waals surface area (Å²) in [6, 6.07) is 0. The molecule has 0 heterocycles. The molecule has 1 aliphatic rings. The van der Waals surface area contributed by atoms with Gasteiger partial charge in [0.1, 0.15) is 0 Å². The normalized spacial score (nSPS) is 11.8. The van der Waals surface area contributed by atoms with Crippen molar-refractivity contribution in [2.75, 3.05) is 0 Å². The lowest BCUT2D eigenvalue weighted by molar-refractivity contribution is 1.02. The van der Waals surface area contributed by atoms with E-state index in [-0.39, 0.29) is 0 Å². The maximum absolute atomic E-state index is 3.40. The van der Waals surface area contributed by atoms with Crippen molar-refractivity contribution in [3.8, 4) is 0 Å². The van der Waals surface area contributed by atoms with Crippen LogP contribution in [0.4, 0.5) is 0 Å². The Labute approximate surface area is 93.3 Å². The van der Waals surface area contributed by atoms with Gasteiger partial charge in [-0.25, -0.2) is 0 Å². The van der Waals surface area contributed by atoms with Crippen LogP contribution in [-0.4, -0.2) is 0 Å². The molecule has 1 heteroatoms.